The van der Waals surface area contributed by atoms with Crippen molar-refractivity contribution in [2.45, 2.75) is 55.7 Å². The van der Waals surface area contributed by atoms with Crippen LogP contribution in [-0.4, -0.2) is 55.9 Å². The zero-order chi connectivity index (χ0) is 27.5. The molecule has 3 rings (SSSR count). The minimum atomic E-state index is -3.53. The lowest BCUT2D eigenvalue weighted by molar-refractivity contribution is -0.149. The summed E-state index contributed by atoms with van der Waals surface area (Å²) in [6.45, 7) is 0.852. The van der Waals surface area contributed by atoms with E-state index >= 15 is 0 Å². The first kappa shape index (κ1) is 29.7. The summed E-state index contributed by atoms with van der Waals surface area (Å²) in [5, 5.41) is 9.85. The van der Waals surface area contributed by atoms with Gasteiger partial charge < -0.3 is 23.6 Å². The second kappa shape index (κ2) is 11.9. The third kappa shape index (κ3) is 7.18. The first-order valence-corrected chi connectivity index (χ1v) is 14.4. The SMILES string of the molecule is CC(C)OC(=O)C(C)NP(=S)(OCC1OC(n2cc(F)c(=O)[nH]c2=O)C(Cl)C1(O)Cl)Oc1ccccc1. The van der Waals surface area contributed by atoms with Gasteiger partial charge in [-0.05, 0) is 44.7 Å². The number of hydrogen-bond acceptors (Lipinski definition) is 9. The van der Waals surface area contributed by atoms with E-state index in [2.05, 4.69) is 5.09 Å². The fourth-order valence-electron chi connectivity index (χ4n) is 3.22. The van der Waals surface area contributed by atoms with Crippen LogP contribution < -0.4 is 20.9 Å². The van der Waals surface area contributed by atoms with Crippen LogP contribution in [0.3, 0.4) is 0 Å². The lowest BCUT2D eigenvalue weighted by Crippen LogP contribution is -2.43. The van der Waals surface area contributed by atoms with Gasteiger partial charge in [0.1, 0.15) is 23.3 Å². The summed E-state index contributed by atoms with van der Waals surface area (Å²) >= 11 is 18.1. The summed E-state index contributed by atoms with van der Waals surface area (Å²) in [6.07, 6.45) is -2.66. The summed E-state index contributed by atoms with van der Waals surface area (Å²) in [5.74, 6) is -1.54. The molecule has 0 aliphatic carbocycles. The monoisotopic (exact) mass is 599 g/mol. The molecule has 0 saturated carbocycles. The van der Waals surface area contributed by atoms with Gasteiger partial charge in [0.05, 0.1) is 18.9 Å². The molecule has 3 N–H and O–H groups in total. The number of H-pyrrole nitrogens is 1. The Balaban J connectivity index is 1.82. The number of nitrogens with zero attached hydrogens (tertiary/aromatic N) is 1. The first-order valence-electron chi connectivity index (χ1n) is 10.9. The highest BCUT2D eigenvalue weighted by Gasteiger charge is 2.56. The molecule has 1 fully saturated rings. The van der Waals surface area contributed by atoms with Crippen LogP contribution in [0.25, 0.3) is 0 Å². The highest BCUT2D eigenvalue weighted by molar-refractivity contribution is 8.09. The van der Waals surface area contributed by atoms with E-state index in [9.17, 15) is 23.9 Å². The molecule has 0 radical (unpaired) electrons. The van der Waals surface area contributed by atoms with Crippen LogP contribution in [0.2, 0.25) is 0 Å². The fourth-order valence-corrected chi connectivity index (χ4v) is 6.17. The molecular weight excluding hydrogens is 575 g/mol. The lowest BCUT2D eigenvalue weighted by Gasteiger charge is -2.29. The standard InChI is InChI=1S/C21H25Cl2FN3O8PS/c1-11(2)33-19(29)12(3)26-36(37,35-13-7-5-4-6-8-13)32-10-15-21(23,31)16(22)18(34-15)27-9-14(24)17(28)25-20(27)30/h4-9,11-12,15-16,18,31H,10H2,1-3H3,(H,26,37)(H,25,28,30). The smallest absolute Gasteiger partial charge is 0.330 e. The molecule has 204 valence electrons. The molecule has 0 spiro atoms. The van der Waals surface area contributed by atoms with E-state index in [1.807, 2.05) is 0 Å². The van der Waals surface area contributed by atoms with Crippen molar-refractivity contribution in [2.24, 2.45) is 0 Å². The lowest BCUT2D eigenvalue weighted by atomic mass is 10.1. The summed E-state index contributed by atoms with van der Waals surface area (Å²) in [5.41, 5.74) is -2.27. The highest BCUT2D eigenvalue weighted by atomic mass is 35.5. The Labute approximate surface area is 226 Å². The molecule has 6 unspecified atom stereocenters. The number of esters is 1. The average molecular weight is 600 g/mol. The molecule has 2 heterocycles. The average Bonchev–Trinajstić information content (AvgIpc) is 3.03. The predicted octanol–water partition coefficient (Wildman–Crippen LogP) is 2.36. The number of halogens is 3. The minimum Gasteiger partial charge on any atom is -0.462 e. The quantitative estimate of drug-likeness (QED) is 0.212. The maximum Gasteiger partial charge on any atom is 0.330 e. The van der Waals surface area contributed by atoms with E-state index in [0.29, 0.717) is 16.5 Å². The maximum absolute atomic E-state index is 13.8. The molecule has 2 aromatic rings. The number of aromatic nitrogens is 2. The van der Waals surface area contributed by atoms with E-state index in [-0.39, 0.29) is 6.10 Å². The normalized spacial score (nSPS) is 26.0. The van der Waals surface area contributed by atoms with Gasteiger partial charge in [0, 0.05) is 0 Å². The minimum absolute atomic E-state index is 0.333. The van der Waals surface area contributed by atoms with Crippen LogP contribution in [0.1, 0.15) is 27.0 Å². The predicted molar refractivity (Wildman–Crippen MR) is 137 cm³/mol. The molecule has 0 bridgehead atoms. The molecule has 0 amide bonds. The van der Waals surface area contributed by atoms with Crippen molar-refractivity contribution in [3.05, 3.63) is 63.2 Å². The molecule has 1 saturated heterocycles. The maximum atomic E-state index is 13.8. The van der Waals surface area contributed by atoms with Crippen LogP contribution in [0.4, 0.5) is 4.39 Å². The van der Waals surface area contributed by atoms with Crippen LogP contribution in [-0.2, 0) is 30.6 Å². The molecule has 37 heavy (non-hydrogen) atoms. The number of benzene rings is 1. The number of rotatable bonds is 10. The molecule has 1 aliphatic heterocycles. The zero-order valence-electron chi connectivity index (χ0n) is 19.8. The van der Waals surface area contributed by atoms with E-state index in [1.54, 1.807) is 49.2 Å². The van der Waals surface area contributed by atoms with Crippen molar-refractivity contribution >= 4 is 47.6 Å². The van der Waals surface area contributed by atoms with Gasteiger partial charge in [0.2, 0.25) is 5.82 Å². The van der Waals surface area contributed by atoms with E-state index in [0.717, 1.165) is 0 Å². The Bertz CT molecular complexity index is 1280. The number of ether oxygens (including phenoxy) is 2. The van der Waals surface area contributed by atoms with Gasteiger partial charge in [0.15, 0.2) is 11.3 Å². The Morgan fingerprint density at radius 3 is 2.62 bits per heavy atom. The largest absolute Gasteiger partial charge is 0.462 e. The van der Waals surface area contributed by atoms with Gasteiger partial charge in [0.25, 0.3) is 5.56 Å². The van der Waals surface area contributed by atoms with Crippen molar-refractivity contribution in [1.29, 1.82) is 0 Å². The molecule has 6 atom stereocenters. The molecule has 1 aliphatic rings. The Morgan fingerprint density at radius 1 is 1.35 bits per heavy atom. The van der Waals surface area contributed by atoms with Gasteiger partial charge in [-0.1, -0.05) is 29.8 Å². The molecule has 1 aromatic carbocycles. The van der Waals surface area contributed by atoms with Crippen molar-refractivity contribution in [2.75, 3.05) is 6.61 Å². The third-order valence-electron chi connectivity index (χ3n) is 5.01. The summed E-state index contributed by atoms with van der Waals surface area (Å²) < 4.78 is 37.0. The highest BCUT2D eigenvalue weighted by Crippen LogP contribution is 2.49. The van der Waals surface area contributed by atoms with E-state index < -0.39 is 65.1 Å². The topological polar surface area (TPSA) is 141 Å². The van der Waals surface area contributed by atoms with Gasteiger partial charge in [-0.3, -0.25) is 19.1 Å². The van der Waals surface area contributed by atoms with Crippen LogP contribution in [0.15, 0.2) is 46.1 Å². The van der Waals surface area contributed by atoms with Gasteiger partial charge in [-0.25, -0.2) is 9.88 Å². The number of alkyl halides is 2. The molecule has 11 nitrogen and oxygen atoms in total. The van der Waals surface area contributed by atoms with E-state index in [1.165, 1.54) is 6.92 Å². The Kier molecular flexibility index (Phi) is 9.57. The van der Waals surface area contributed by atoms with Crippen molar-refractivity contribution in [3.8, 4) is 5.75 Å². The molecular formula is C21H25Cl2FN3O8PS. The summed E-state index contributed by atoms with van der Waals surface area (Å²) in [7, 11) is 0. The Morgan fingerprint density at radius 2 is 2.00 bits per heavy atom. The first-order chi connectivity index (χ1) is 17.2. The fraction of sp³-hybridized carbons (Fsp3) is 0.476. The molecule has 16 heteroatoms. The van der Waals surface area contributed by atoms with Crippen molar-refractivity contribution < 1.29 is 32.8 Å². The summed E-state index contributed by atoms with van der Waals surface area (Å²) in [6, 6.07) is 7.46. The second-order valence-electron chi connectivity index (χ2n) is 8.32. The third-order valence-corrected chi connectivity index (χ3v) is 8.65. The summed E-state index contributed by atoms with van der Waals surface area (Å²) in [4.78, 5) is 37.7. The number of aliphatic hydroxyl groups is 1. The van der Waals surface area contributed by atoms with Crippen LogP contribution in [0.5, 0.6) is 5.75 Å². The van der Waals surface area contributed by atoms with E-state index in [4.69, 9.17) is 53.5 Å². The number of aromatic amines is 1. The number of para-hydroxylation sites is 1. The number of carbonyl (C=O) groups excluding carboxylic acids is 1. The molecule has 1 aromatic heterocycles. The number of nitrogens with one attached hydrogen (secondary N) is 2. The number of hydrogen-bond donors (Lipinski definition) is 3. The van der Waals surface area contributed by atoms with Gasteiger partial charge in [-0.15, -0.1) is 11.6 Å². The van der Waals surface area contributed by atoms with Crippen molar-refractivity contribution in [3.63, 3.8) is 0 Å². The van der Waals surface area contributed by atoms with Crippen LogP contribution in [0, 0.1) is 5.82 Å². The van der Waals surface area contributed by atoms with Crippen molar-refractivity contribution in [1.82, 2.24) is 14.6 Å². The Hall–Kier alpha value is -1.83. The van der Waals surface area contributed by atoms with Crippen LogP contribution >= 0.6 is 29.8 Å². The second-order valence-corrected chi connectivity index (χ2v) is 12.5. The van der Waals surface area contributed by atoms with Gasteiger partial charge >= 0.3 is 18.3 Å². The van der Waals surface area contributed by atoms with Gasteiger partial charge in [-0.2, -0.15) is 4.39 Å². The zero-order valence-corrected chi connectivity index (χ0v) is 23.0. The number of carbonyl (C=O) groups is 1.